The number of rotatable bonds is 3. The molecular formula is C46H35N3. The molecule has 2 aromatic heterocycles. The van der Waals surface area contributed by atoms with Gasteiger partial charge in [-0.1, -0.05) is 137 Å². The van der Waals surface area contributed by atoms with E-state index in [1.165, 1.54) is 60.8 Å². The first-order chi connectivity index (χ1) is 23.8. The molecule has 8 aromatic rings. The van der Waals surface area contributed by atoms with Crippen LogP contribution < -0.4 is 0 Å². The molecule has 0 spiro atoms. The molecule has 2 aliphatic rings. The van der Waals surface area contributed by atoms with Gasteiger partial charge in [0.2, 0.25) is 0 Å². The van der Waals surface area contributed by atoms with Crippen molar-refractivity contribution in [2.75, 3.05) is 0 Å². The quantitative estimate of drug-likeness (QED) is 0.195. The van der Waals surface area contributed by atoms with Crippen LogP contribution in [-0.4, -0.2) is 14.5 Å². The molecule has 234 valence electrons. The summed E-state index contributed by atoms with van der Waals surface area (Å²) in [6.07, 6.45) is 0. The SMILES string of the molecule is CC1(C)c2ccccc2-c2cc3c4ccccc4n(-c4ccc(-c5nc(-c6ccccc6)nc6c5C(C)(C)c5ccccc5-6)cc4)c3cc21. The number of nitrogens with zero attached hydrogens (tertiary/aromatic N) is 3. The van der Waals surface area contributed by atoms with Crippen molar-refractivity contribution in [1.29, 1.82) is 0 Å². The summed E-state index contributed by atoms with van der Waals surface area (Å²) in [7, 11) is 0. The van der Waals surface area contributed by atoms with Gasteiger partial charge in [-0.2, -0.15) is 0 Å². The second-order valence-corrected chi connectivity index (χ2v) is 14.6. The second-order valence-electron chi connectivity index (χ2n) is 14.6. The summed E-state index contributed by atoms with van der Waals surface area (Å²) in [6, 6.07) is 50.6. The molecule has 0 aliphatic heterocycles. The highest BCUT2D eigenvalue weighted by Crippen LogP contribution is 2.52. The van der Waals surface area contributed by atoms with Gasteiger partial charge >= 0.3 is 0 Å². The Morgan fingerprint density at radius 3 is 1.86 bits per heavy atom. The van der Waals surface area contributed by atoms with Crippen molar-refractivity contribution in [3.05, 3.63) is 162 Å². The monoisotopic (exact) mass is 629 g/mol. The predicted octanol–water partition coefficient (Wildman–Crippen LogP) is 11.5. The molecule has 0 atom stereocenters. The van der Waals surface area contributed by atoms with E-state index in [0.29, 0.717) is 0 Å². The van der Waals surface area contributed by atoms with E-state index in [-0.39, 0.29) is 10.8 Å². The van der Waals surface area contributed by atoms with Gasteiger partial charge < -0.3 is 4.57 Å². The molecule has 0 radical (unpaired) electrons. The molecule has 10 rings (SSSR count). The number of hydrogen-bond donors (Lipinski definition) is 0. The zero-order valence-corrected chi connectivity index (χ0v) is 28.1. The van der Waals surface area contributed by atoms with E-state index in [4.69, 9.17) is 9.97 Å². The predicted molar refractivity (Wildman–Crippen MR) is 202 cm³/mol. The summed E-state index contributed by atoms with van der Waals surface area (Å²) in [4.78, 5) is 10.5. The number of para-hydroxylation sites is 1. The Hall–Kier alpha value is -5.80. The van der Waals surface area contributed by atoms with E-state index in [1.807, 2.05) is 6.07 Å². The first kappa shape index (κ1) is 28.2. The van der Waals surface area contributed by atoms with Gasteiger partial charge in [-0.25, -0.2) is 9.97 Å². The fraction of sp³-hybridized carbons (Fsp3) is 0.130. The summed E-state index contributed by atoms with van der Waals surface area (Å²) >= 11 is 0. The van der Waals surface area contributed by atoms with E-state index in [2.05, 4.69) is 166 Å². The first-order valence-corrected chi connectivity index (χ1v) is 17.2. The molecule has 2 aliphatic carbocycles. The van der Waals surface area contributed by atoms with Crippen molar-refractivity contribution in [1.82, 2.24) is 14.5 Å². The largest absolute Gasteiger partial charge is 0.309 e. The molecular weight excluding hydrogens is 595 g/mol. The fourth-order valence-corrected chi connectivity index (χ4v) is 8.75. The minimum absolute atomic E-state index is 0.0699. The molecule has 3 heteroatoms. The summed E-state index contributed by atoms with van der Waals surface area (Å²) in [6.45, 7) is 9.32. The van der Waals surface area contributed by atoms with Gasteiger partial charge in [0, 0.05) is 49.5 Å². The van der Waals surface area contributed by atoms with Crippen molar-refractivity contribution < 1.29 is 0 Å². The Balaban J connectivity index is 1.17. The number of benzene rings is 6. The van der Waals surface area contributed by atoms with Crippen LogP contribution in [0.3, 0.4) is 0 Å². The Labute approximate surface area is 286 Å². The van der Waals surface area contributed by atoms with Gasteiger partial charge in [0.25, 0.3) is 0 Å². The van der Waals surface area contributed by atoms with E-state index >= 15 is 0 Å². The third-order valence-corrected chi connectivity index (χ3v) is 11.2. The lowest BCUT2D eigenvalue weighted by Crippen LogP contribution is -2.17. The van der Waals surface area contributed by atoms with Crippen molar-refractivity contribution in [2.45, 2.75) is 38.5 Å². The lowest BCUT2D eigenvalue weighted by atomic mass is 9.81. The minimum Gasteiger partial charge on any atom is -0.309 e. The van der Waals surface area contributed by atoms with Crippen LogP contribution in [0.1, 0.15) is 49.9 Å². The zero-order valence-electron chi connectivity index (χ0n) is 28.1. The van der Waals surface area contributed by atoms with Crippen LogP contribution in [0, 0.1) is 0 Å². The van der Waals surface area contributed by atoms with Crippen LogP contribution in [0.25, 0.3) is 72.5 Å². The third kappa shape index (κ3) is 3.84. The average Bonchev–Trinajstić information content (AvgIpc) is 3.68. The van der Waals surface area contributed by atoms with Gasteiger partial charge in [-0.05, 0) is 58.1 Å². The van der Waals surface area contributed by atoms with Gasteiger partial charge in [-0.3, -0.25) is 0 Å². The highest BCUT2D eigenvalue weighted by molar-refractivity contribution is 6.11. The molecule has 0 fully saturated rings. The number of hydrogen-bond acceptors (Lipinski definition) is 2. The maximum absolute atomic E-state index is 5.31. The molecule has 49 heavy (non-hydrogen) atoms. The number of fused-ring (bicyclic) bond motifs is 9. The number of aromatic nitrogens is 3. The molecule has 0 amide bonds. The normalized spacial score (nSPS) is 14.9. The van der Waals surface area contributed by atoms with Crippen LogP contribution >= 0.6 is 0 Å². The Bertz CT molecular complexity index is 2640. The zero-order chi connectivity index (χ0) is 33.1. The van der Waals surface area contributed by atoms with E-state index in [1.54, 1.807) is 0 Å². The molecule has 0 N–H and O–H groups in total. The fourth-order valence-electron chi connectivity index (χ4n) is 8.75. The van der Waals surface area contributed by atoms with Gasteiger partial charge in [0.05, 0.1) is 22.4 Å². The van der Waals surface area contributed by atoms with Crippen LogP contribution in [0.4, 0.5) is 0 Å². The van der Waals surface area contributed by atoms with Crippen LogP contribution in [0.2, 0.25) is 0 Å². The van der Waals surface area contributed by atoms with Gasteiger partial charge in [0.15, 0.2) is 5.82 Å². The minimum atomic E-state index is -0.229. The topological polar surface area (TPSA) is 30.7 Å². The Morgan fingerprint density at radius 2 is 1.08 bits per heavy atom. The van der Waals surface area contributed by atoms with Crippen molar-refractivity contribution in [2.24, 2.45) is 0 Å². The van der Waals surface area contributed by atoms with Crippen molar-refractivity contribution in [3.63, 3.8) is 0 Å². The second kappa shape index (κ2) is 9.87. The summed E-state index contributed by atoms with van der Waals surface area (Å²) in [5.74, 6) is 0.755. The lowest BCUT2D eigenvalue weighted by Gasteiger charge is -2.24. The summed E-state index contributed by atoms with van der Waals surface area (Å²) in [5, 5.41) is 2.55. The molecule has 0 saturated heterocycles. The Kier molecular flexibility index (Phi) is 5.69. The van der Waals surface area contributed by atoms with Gasteiger partial charge in [-0.15, -0.1) is 0 Å². The van der Waals surface area contributed by atoms with Crippen LogP contribution in [-0.2, 0) is 10.8 Å². The standard InChI is InChI=1S/C46H35N3/c1-45(2)36-19-11-8-16-31(36)34-26-35-32-17-10-13-21-39(32)49(40(35)27-38(34)45)30-24-22-28(23-25-30)42-41-43(33-18-9-12-20-37(33)46(41,3)4)48-44(47-42)29-14-6-5-7-15-29/h5-27H,1-4H3. The highest BCUT2D eigenvalue weighted by atomic mass is 15.0. The van der Waals surface area contributed by atoms with Crippen molar-refractivity contribution in [3.8, 4) is 50.7 Å². The third-order valence-electron chi connectivity index (χ3n) is 11.2. The molecule has 2 heterocycles. The van der Waals surface area contributed by atoms with E-state index < -0.39 is 0 Å². The summed E-state index contributed by atoms with van der Waals surface area (Å²) in [5.41, 5.74) is 16.6. The van der Waals surface area contributed by atoms with E-state index in [9.17, 15) is 0 Å². The molecule has 0 unspecified atom stereocenters. The van der Waals surface area contributed by atoms with E-state index in [0.717, 1.165) is 34.0 Å². The van der Waals surface area contributed by atoms with Crippen LogP contribution in [0.15, 0.2) is 140 Å². The van der Waals surface area contributed by atoms with Gasteiger partial charge in [0.1, 0.15) is 0 Å². The molecule has 6 aromatic carbocycles. The molecule has 0 saturated carbocycles. The van der Waals surface area contributed by atoms with Crippen molar-refractivity contribution >= 4 is 21.8 Å². The smallest absolute Gasteiger partial charge is 0.160 e. The molecule has 0 bridgehead atoms. The maximum atomic E-state index is 5.31. The average molecular weight is 630 g/mol. The molecule has 3 nitrogen and oxygen atoms in total. The lowest BCUT2D eigenvalue weighted by molar-refractivity contribution is 0.658. The summed E-state index contributed by atoms with van der Waals surface area (Å²) < 4.78 is 2.44. The Morgan fingerprint density at radius 1 is 0.449 bits per heavy atom. The first-order valence-electron chi connectivity index (χ1n) is 17.2. The highest BCUT2D eigenvalue weighted by Gasteiger charge is 2.40. The maximum Gasteiger partial charge on any atom is 0.160 e. The van der Waals surface area contributed by atoms with Crippen LogP contribution in [0.5, 0.6) is 0 Å².